The van der Waals surface area contributed by atoms with Crippen molar-refractivity contribution in [2.45, 2.75) is 33.1 Å². The van der Waals surface area contributed by atoms with Crippen LogP contribution in [0.2, 0.25) is 0 Å². The van der Waals surface area contributed by atoms with Crippen LogP contribution in [0.1, 0.15) is 33.1 Å². The standard InChI is InChI=1S/C9H21NO3S/c1-3-5-9(6-7-11)8-10-14(12,13)4-2/h9-11H,3-8H2,1-2H3. The molecule has 1 atom stereocenters. The fourth-order valence-corrected chi connectivity index (χ4v) is 1.98. The Hall–Kier alpha value is -0.130. The van der Waals surface area contributed by atoms with Gasteiger partial charge >= 0.3 is 0 Å². The maximum Gasteiger partial charge on any atom is 0.211 e. The predicted octanol–water partition coefficient (Wildman–Crippen LogP) is 0.724. The van der Waals surface area contributed by atoms with E-state index in [0.717, 1.165) is 12.8 Å². The van der Waals surface area contributed by atoms with Gasteiger partial charge in [-0.3, -0.25) is 0 Å². The van der Waals surface area contributed by atoms with Crippen molar-refractivity contribution in [2.75, 3.05) is 18.9 Å². The van der Waals surface area contributed by atoms with Crippen molar-refractivity contribution in [3.05, 3.63) is 0 Å². The summed E-state index contributed by atoms with van der Waals surface area (Å²) in [4.78, 5) is 0. The van der Waals surface area contributed by atoms with Gasteiger partial charge in [-0.05, 0) is 25.7 Å². The van der Waals surface area contributed by atoms with Crippen molar-refractivity contribution in [3.8, 4) is 0 Å². The van der Waals surface area contributed by atoms with E-state index >= 15 is 0 Å². The number of aliphatic hydroxyl groups excluding tert-OH is 1. The van der Waals surface area contributed by atoms with Gasteiger partial charge in [-0.2, -0.15) is 0 Å². The number of sulfonamides is 1. The van der Waals surface area contributed by atoms with Gasteiger partial charge in [0.1, 0.15) is 0 Å². The Morgan fingerprint density at radius 1 is 1.29 bits per heavy atom. The fraction of sp³-hybridized carbons (Fsp3) is 1.00. The lowest BCUT2D eigenvalue weighted by Gasteiger charge is -2.15. The zero-order valence-corrected chi connectivity index (χ0v) is 9.81. The average molecular weight is 223 g/mol. The van der Waals surface area contributed by atoms with E-state index in [1.54, 1.807) is 6.92 Å². The molecule has 0 radical (unpaired) electrons. The molecule has 1 unspecified atom stereocenters. The first-order valence-corrected chi connectivity index (χ1v) is 6.79. The summed E-state index contributed by atoms with van der Waals surface area (Å²) in [7, 11) is -3.08. The Kier molecular flexibility index (Phi) is 7.13. The highest BCUT2D eigenvalue weighted by molar-refractivity contribution is 7.89. The lowest BCUT2D eigenvalue weighted by molar-refractivity contribution is 0.251. The summed E-state index contributed by atoms with van der Waals surface area (Å²) in [5.74, 6) is 0.372. The highest BCUT2D eigenvalue weighted by Crippen LogP contribution is 2.09. The molecule has 0 heterocycles. The van der Waals surface area contributed by atoms with Gasteiger partial charge in [0.05, 0.1) is 5.75 Å². The second kappa shape index (κ2) is 7.20. The molecule has 5 heteroatoms. The summed E-state index contributed by atoms with van der Waals surface area (Å²) in [5.41, 5.74) is 0. The molecule has 0 spiro atoms. The highest BCUT2D eigenvalue weighted by atomic mass is 32.2. The smallest absolute Gasteiger partial charge is 0.211 e. The van der Waals surface area contributed by atoms with E-state index in [4.69, 9.17) is 5.11 Å². The van der Waals surface area contributed by atoms with Crippen molar-refractivity contribution >= 4 is 10.0 Å². The maximum atomic E-state index is 11.1. The molecule has 0 aromatic carbocycles. The lowest BCUT2D eigenvalue weighted by atomic mass is 10.0. The quantitative estimate of drug-likeness (QED) is 0.637. The van der Waals surface area contributed by atoms with Crippen LogP contribution in [0, 0.1) is 5.92 Å². The largest absolute Gasteiger partial charge is 0.396 e. The summed E-state index contributed by atoms with van der Waals surface area (Å²) in [5, 5.41) is 8.77. The Morgan fingerprint density at radius 2 is 1.93 bits per heavy atom. The van der Waals surface area contributed by atoms with Crippen LogP contribution in [0.5, 0.6) is 0 Å². The second-order valence-corrected chi connectivity index (χ2v) is 5.51. The predicted molar refractivity (Wildman–Crippen MR) is 57.6 cm³/mol. The van der Waals surface area contributed by atoms with Crippen LogP contribution in [-0.4, -0.2) is 32.4 Å². The van der Waals surface area contributed by atoms with Crippen LogP contribution in [0.15, 0.2) is 0 Å². The van der Waals surface area contributed by atoms with E-state index in [2.05, 4.69) is 11.6 Å². The zero-order valence-electron chi connectivity index (χ0n) is 8.99. The van der Waals surface area contributed by atoms with E-state index in [0.29, 0.717) is 13.0 Å². The molecule has 86 valence electrons. The van der Waals surface area contributed by atoms with Crippen LogP contribution in [0.25, 0.3) is 0 Å². The molecular weight excluding hydrogens is 202 g/mol. The molecule has 0 bridgehead atoms. The fourth-order valence-electron chi connectivity index (χ4n) is 1.29. The summed E-state index contributed by atoms with van der Waals surface area (Å²) in [6, 6.07) is 0. The third-order valence-corrected chi connectivity index (χ3v) is 3.57. The van der Waals surface area contributed by atoms with Crippen LogP contribution in [-0.2, 0) is 10.0 Å². The molecule has 0 saturated carbocycles. The van der Waals surface area contributed by atoms with Gasteiger partial charge in [0.2, 0.25) is 10.0 Å². The Bertz CT molecular complexity index is 220. The molecule has 14 heavy (non-hydrogen) atoms. The number of hydrogen-bond acceptors (Lipinski definition) is 3. The molecule has 2 N–H and O–H groups in total. The summed E-state index contributed by atoms with van der Waals surface area (Å²) in [6.45, 7) is 4.24. The summed E-state index contributed by atoms with van der Waals surface area (Å²) >= 11 is 0. The second-order valence-electron chi connectivity index (χ2n) is 3.42. The van der Waals surface area contributed by atoms with Crippen LogP contribution < -0.4 is 4.72 Å². The molecule has 0 aromatic heterocycles. The first-order chi connectivity index (χ1) is 6.55. The number of aliphatic hydroxyl groups is 1. The number of rotatable bonds is 8. The number of hydrogen-bond donors (Lipinski definition) is 2. The van der Waals surface area contributed by atoms with E-state index in [9.17, 15) is 8.42 Å². The third-order valence-electron chi connectivity index (χ3n) is 2.21. The average Bonchev–Trinajstić information content (AvgIpc) is 2.15. The van der Waals surface area contributed by atoms with Gasteiger partial charge in [-0.25, -0.2) is 13.1 Å². The van der Waals surface area contributed by atoms with Crippen molar-refractivity contribution in [3.63, 3.8) is 0 Å². The van der Waals surface area contributed by atoms with Gasteiger partial charge < -0.3 is 5.11 Å². The van der Waals surface area contributed by atoms with Crippen LogP contribution in [0.3, 0.4) is 0 Å². The van der Waals surface area contributed by atoms with Gasteiger partial charge in [0.15, 0.2) is 0 Å². The van der Waals surface area contributed by atoms with Crippen LogP contribution >= 0.6 is 0 Å². The van der Waals surface area contributed by atoms with E-state index in [1.807, 2.05) is 0 Å². The minimum Gasteiger partial charge on any atom is -0.396 e. The SMILES string of the molecule is CCCC(CCO)CNS(=O)(=O)CC. The molecule has 0 aliphatic heterocycles. The summed E-state index contributed by atoms with van der Waals surface area (Å²) < 4.78 is 24.8. The van der Waals surface area contributed by atoms with Gasteiger partial charge in [0.25, 0.3) is 0 Å². The molecule has 0 aliphatic rings. The first kappa shape index (κ1) is 13.9. The minimum atomic E-state index is -3.08. The normalized spacial score (nSPS) is 14.2. The third kappa shape index (κ3) is 6.34. The maximum absolute atomic E-state index is 11.1. The lowest BCUT2D eigenvalue weighted by Crippen LogP contribution is -2.31. The summed E-state index contributed by atoms with van der Waals surface area (Å²) in [6.07, 6.45) is 2.63. The highest BCUT2D eigenvalue weighted by Gasteiger charge is 2.11. The first-order valence-electron chi connectivity index (χ1n) is 5.13. The van der Waals surface area contributed by atoms with Gasteiger partial charge in [-0.15, -0.1) is 0 Å². The molecule has 0 amide bonds. The molecule has 0 rings (SSSR count). The molecule has 0 aliphatic carbocycles. The van der Waals surface area contributed by atoms with Crippen molar-refractivity contribution in [1.29, 1.82) is 0 Å². The van der Waals surface area contributed by atoms with E-state index < -0.39 is 10.0 Å². The minimum absolute atomic E-state index is 0.116. The van der Waals surface area contributed by atoms with Crippen LogP contribution in [0.4, 0.5) is 0 Å². The Morgan fingerprint density at radius 3 is 2.36 bits per heavy atom. The molecular formula is C9H21NO3S. The van der Waals surface area contributed by atoms with Crippen molar-refractivity contribution < 1.29 is 13.5 Å². The molecule has 0 saturated heterocycles. The monoisotopic (exact) mass is 223 g/mol. The Balaban J connectivity index is 3.92. The molecule has 0 fully saturated rings. The molecule has 0 aromatic rings. The zero-order chi connectivity index (χ0) is 11.0. The topological polar surface area (TPSA) is 66.4 Å². The Labute approximate surface area is 86.8 Å². The van der Waals surface area contributed by atoms with E-state index in [-0.39, 0.29) is 18.3 Å². The van der Waals surface area contributed by atoms with Gasteiger partial charge in [-0.1, -0.05) is 13.3 Å². The van der Waals surface area contributed by atoms with Gasteiger partial charge in [0, 0.05) is 13.2 Å². The molecule has 4 nitrogen and oxygen atoms in total. The van der Waals surface area contributed by atoms with Crippen molar-refractivity contribution in [1.82, 2.24) is 4.72 Å². The van der Waals surface area contributed by atoms with Crippen molar-refractivity contribution in [2.24, 2.45) is 5.92 Å². The number of nitrogens with one attached hydrogen (secondary N) is 1. The van der Waals surface area contributed by atoms with E-state index in [1.165, 1.54) is 0 Å².